The predicted octanol–water partition coefficient (Wildman–Crippen LogP) is 5.32. The molecule has 0 saturated heterocycles. The van der Waals surface area contributed by atoms with Crippen molar-refractivity contribution in [3.8, 4) is 0 Å². The van der Waals surface area contributed by atoms with Gasteiger partial charge in [-0.15, -0.1) is 0 Å². The minimum Gasteiger partial charge on any atom is -0.253 e. The molecule has 0 aliphatic heterocycles. The van der Waals surface area contributed by atoms with Crippen molar-refractivity contribution >= 4 is 0 Å². The van der Waals surface area contributed by atoms with Crippen LogP contribution in [-0.4, -0.2) is 31.2 Å². The molecule has 0 aromatic rings. The highest BCUT2D eigenvalue weighted by atomic mass is 19.4. The smallest absolute Gasteiger partial charge is 0.253 e. The minimum atomic E-state index is -5.96. The Bertz CT molecular complexity index is 346. The molecule has 0 amide bonds. The summed E-state index contributed by atoms with van der Waals surface area (Å²) in [5.41, 5.74) is 0. The molecule has 134 valence electrons. The van der Waals surface area contributed by atoms with Gasteiger partial charge in [-0.2, -0.15) is 43.9 Å². The van der Waals surface area contributed by atoms with Crippen LogP contribution in [0.1, 0.15) is 19.8 Å². The standard InChI is InChI=1S/C10H11F11O/c1-2-5(8(14,15)16)3-6(9(17,18)19)10(20,21)22-7(12,13)4-11/h5-6H,2-4H2,1H3. The van der Waals surface area contributed by atoms with Gasteiger partial charge in [0.15, 0.2) is 6.67 Å². The fraction of sp³-hybridized carbons (Fsp3) is 1.00. The van der Waals surface area contributed by atoms with Gasteiger partial charge in [0.2, 0.25) is 0 Å². The molecule has 22 heavy (non-hydrogen) atoms. The Morgan fingerprint density at radius 1 is 0.818 bits per heavy atom. The Labute approximate surface area is 117 Å². The zero-order valence-corrected chi connectivity index (χ0v) is 10.8. The monoisotopic (exact) mass is 356 g/mol. The van der Waals surface area contributed by atoms with Gasteiger partial charge in [-0.25, -0.2) is 4.39 Å². The highest BCUT2D eigenvalue weighted by molar-refractivity contribution is 4.82. The van der Waals surface area contributed by atoms with Gasteiger partial charge in [0, 0.05) is 0 Å². The summed E-state index contributed by atoms with van der Waals surface area (Å²) >= 11 is 0. The summed E-state index contributed by atoms with van der Waals surface area (Å²) in [5, 5.41) is 0. The van der Waals surface area contributed by atoms with Gasteiger partial charge in [-0.1, -0.05) is 6.92 Å². The minimum absolute atomic E-state index is 0.792. The van der Waals surface area contributed by atoms with E-state index in [-0.39, 0.29) is 0 Å². The van der Waals surface area contributed by atoms with E-state index in [1.165, 1.54) is 0 Å². The maximum absolute atomic E-state index is 13.2. The third-order valence-corrected chi connectivity index (χ3v) is 2.72. The molecule has 2 unspecified atom stereocenters. The SMILES string of the molecule is CCC(CC(C(F)(F)F)C(F)(F)OC(F)(F)CF)C(F)(F)F. The summed E-state index contributed by atoms with van der Waals surface area (Å²) in [6.45, 7) is -2.07. The normalized spacial score (nSPS) is 17.5. The van der Waals surface area contributed by atoms with Crippen LogP contribution in [0.25, 0.3) is 0 Å². The third kappa shape index (κ3) is 6.13. The summed E-state index contributed by atoms with van der Waals surface area (Å²) in [6, 6.07) is 0. The van der Waals surface area contributed by atoms with Crippen LogP contribution in [0.3, 0.4) is 0 Å². The first-order valence-corrected chi connectivity index (χ1v) is 5.72. The molecule has 0 radical (unpaired) electrons. The van der Waals surface area contributed by atoms with Crippen molar-refractivity contribution in [1.29, 1.82) is 0 Å². The summed E-state index contributed by atoms with van der Waals surface area (Å²) in [5.74, 6) is -6.98. The fourth-order valence-electron chi connectivity index (χ4n) is 1.58. The van der Waals surface area contributed by atoms with Crippen molar-refractivity contribution in [1.82, 2.24) is 0 Å². The van der Waals surface area contributed by atoms with Crippen LogP contribution < -0.4 is 0 Å². The fourth-order valence-corrected chi connectivity index (χ4v) is 1.58. The quantitative estimate of drug-likeness (QED) is 0.562. The van der Waals surface area contributed by atoms with E-state index in [1.807, 2.05) is 0 Å². The molecule has 1 nitrogen and oxygen atoms in total. The average molecular weight is 356 g/mol. The van der Waals surface area contributed by atoms with Gasteiger partial charge in [-0.05, 0) is 12.8 Å². The zero-order valence-electron chi connectivity index (χ0n) is 10.8. The number of rotatable bonds is 7. The topological polar surface area (TPSA) is 9.23 Å². The molecular weight excluding hydrogens is 345 g/mol. The maximum Gasteiger partial charge on any atom is 0.400 e. The molecule has 0 aromatic carbocycles. The average Bonchev–Trinajstić information content (AvgIpc) is 2.24. The molecule has 0 spiro atoms. The lowest BCUT2D eigenvalue weighted by atomic mass is 9.90. The molecule has 2 atom stereocenters. The summed E-state index contributed by atoms with van der Waals surface area (Å²) in [4.78, 5) is 0. The van der Waals surface area contributed by atoms with Crippen LogP contribution in [0.2, 0.25) is 0 Å². The van der Waals surface area contributed by atoms with Crippen LogP contribution in [0.5, 0.6) is 0 Å². The number of ether oxygens (including phenoxy) is 1. The Hall–Kier alpha value is -0.810. The number of hydrogen-bond donors (Lipinski definition) is 0. The molecule has 0 heterocycles. The summed E-state index contributed by atoms with van der Waals surface area (Å²) in [6.07, 6.45) is -25.4. The molecule has 0 rings (SSSR count). The molecule has 0 N–H and O–H groups in total. The van der Waals surface area contributed by atoms with Gasteiger partial charge < -0.3 is 0 Å². The highest BCUT2D eigenvalue weighted by Crippen LogP contribution is 2.47. The number of alkyl halides is 11. The highest BCUT2D eigenvalue weighted by Gasteiger charge is 2.62. The van der Waals surface area contributed by atoms with Gasteiger partial charge in [-0.3, -0.25) is 4.74 Å². The third-order valence-electron chi connectivity index (χ3n) is 2.72. The van der Waals surface area contributed by atoms with E-state index in [9.17, 15) is 48.3 Å². The van der Waals surface area contributed by atoms with E-state index in [0.29, 0.717) is 0 Å². The lowest BCUT2D eigenvalue weighted by molar-refractivity contribution is -0.421. The van der Waals surface area contributed by atoms with Crippen LogP contribution in [0.15, 0.2) is 0 Å². The van der Waals surface area contributed by atoms with Crippen LogP contribution in [0.4, 0.5) is 48.3 Å². The van der Waals surface area contributed by atoms with E-state index >= 15 is 0 Å². The number of halogens is 11. The predicted molar refractivity (Wildman–Crippen MR) is 51.0 cm³/mol. The molecule has 0 aromatic heterocycles. The van der Waals surface area contributed by atoms with E-state index in [0.717, 1.165) is 6.92 Å². The van der Waals surface area contributed by atoms with Gasteiger partial charge in [0.25, 0.3) is 0 Å². The summed E-state index contributed by atoms with van der Waals surface area (Å²) < 4.78 is 140. The Kier molecular flexibility index (Phi) is 6.50. The number of hydrogen-bond acceptors (Lipinski definition) is 1. The van der Waals surface area contributed by atoms with Crippen molar-refractivity contribution in [3.63, 3.8) is 0 Å². The first kappa shape index (κ1) is 21.2. The Morgan fingerprint density at radius 3 is 1.55 bits per heavy atom. The molecular formula is C10H11F11O. The van der Waals surface area contributed by atoms with Crippen molar-refractivity contribution < 1.29 is 53.0 Å². The largest absolute Gasteiger partial charge is 0.400 e. The second kappa shape index (κ2) is 6.75. The van der Waals surface area contributed by atoms with E-state index in [2.05, 4.69) is 4.74 Å². The Morgan fingerprint density at radius 2 is 1.27 bits per heavy atom. The molecule has 0 aliphatic rings. The van der Waals surface area contributed by atoms with Crippen LogP contribution >= 0.6 is 0 Å². The lowest BCUT2D eigenvalue weighted by Gasteiger charge is -2.32. The van der Waals surface area contributed by atoms with Crippen molar-refractivity contribution in [2.24, 2.45) is 11.8 Å². The molecule has 0 aliphatic carbocycles. The molecule has 0 fully saturated rings. The first-order valence-electron chi connectivity index (χ1n) is 5.72. The van der Waals surface area contributed by atoms with E-state index < -0.39 is 55.9 Å². The maximum atomic E-state index is 13.2. The van der Waals surface area contributed by atoms with Crippen molar-refractivity contribution in [2.45, 2.75) is 44.3 Å². The van der Waals surface area contributed by atoms with E-state index in [4.69, 9.17) is 0 Å². The van der Waals surface area contributed by atoms with Crippen molar-refractivity contribution in [3.05, 3.63) is 0 Å². The lowest BCUT2D eigenvalue weighted by Crippen LogP contribution is -2.47. The van der Waals surface area contributed by atoms with Gasteiger partial charge >= 0.3 is 24.6 Å². The van der Waals surface area contributed by atoms with Gasteiger partial charge in [0.1, 0.15) is 5.92 Å². The molecule has 0 bridgehead atoms. The van der Waals surface area contributed by atoms with E-state index in [1.54, 1.807) is 0 Å². The summed E-state index contributed by atoms with van der Waals surface area (Å²) in [7, 11) is 0. The molecule has 0 saturated carbocycles. The van der Waals surface area contributed by atoms with Crippen LogP contribution in [0, 0.1) is 11.8 Å². The zero-order chi connectivity index (χ0) is 18.0. The second-order valence-electron chi connectivity index (χ2n) is 4.41. The van der Waals surface area contributed by atoms with Crippen LogP contribution in [-0.2, 0) is 4.74 Å². The first-order chi connectivity index (χ1) is 9.57. The molecule has 12 heteroatoms. The Balaban J connectivity index is 5.47. The van der Waals surface area contributed by atoms with Crippen molar-refractivity contribution in [2.75, 3.05) is 6.67 Å². The second-order valence-corrected chi connectivity index (χ2v) is 4.41. The van der Waals surface area contributed by atoms with Gasteiger partial charge in [0.05, 0.1) is 5.92 Å².